The van der Waals surface area contributed by atoms with Gasteiger partial charge in [0.15, 0.2) is 5.82 Å². The zero-order chi connectivity index (χ0) is 13.1. The van der Waals surface area contributed by atoms with Crippen molar-refractivity contribution >= 4 is 0 Å². The Kier molecular flexibility index (Phi) is 3.50. The van der Waals surface area contributed by atoms with E-state index in [-0.39, 0.29) is 5.92 Å². The fourth-order valence-corrected chi connectivity index (χ4v) is 2.22. The maximum Gasteiger partial charge on any atom is 0.261 e. The molecule has 1 saturated heterocycles. The largest absolute Gasteiger partial charge is 0.381 e. The first-order valence-corrected chi connectivity index (χ1v) is 6.59. The molecule has 19 heavy (non-hydrogen) atoms. The van der Waals surface area contributed by atoms with Crippen LogP contribution in [0.4, 0.5) is 0 Å². The number of hydrogen-bond acceptors (Lipinski definition) is 6. The van der Waals surface area contributed by atoms with E-state index in [0.29, 0.717) is 12.5 Å². The zero-order valence-corrected chi connectivity index (χ0v) is 10.9. The molecular weight excluding hydrogens is 244 g/mol. The van der Waals surface area contributed by atoms with Crippen LogP contribution in [0.3, 0.4) is 0 Å². The van der Waals surface area contributed by atoms with E-state index in [0.717, 1.165) is 43.0 Å². The van der Waals surface area contributed by atoms with Crippen LogP contribution < -0.4 is 0 Å². The van der Waals surface area contributed by atoms with Gasteiger partial charge >= 0.3 is 0 Å². The van der Waals surface area contributed by atoms with Crippen LogP contribution in [0.15, 0.2) is 17.0 Å². The van der Waals surface area contributed by atoms with Gasteiger partial charge in [-0.25, -0.2) is 9.97 Å². The highest BCUT2D eigenvalue weighted by atomic mass is 16.5. The summed E-state index contributed by atoms with van der Waals surface area (Å²) in [6, 6.07) is 0. The molecule has 0 aromatic carbocycles. The Labute approximate surface area is 111 Å². The summed E-state index contributed by atoms with van der Waals surface area (Å²) in [4.78, 5) is 12.8. The Morgan fingerprint density at radius 2 is 2.37 bits per heavy atom. The summed E-state index contributed by atoms with van der Waals surface area (Å²) >= 11 is 0. The lowest BCUT2D eigenvalue weighted by Gasteiger charge is -2.01. The summed E-state index contributed by atoms with van der Waals surface area (Å²) in [5.74, 6) is 1.47. The first-order chi connectivity index (χ1) is 9.38. The number of hydrogen-bond donors (Lipinski definition) is 0. The average Bonchev–Trinajstić information content (AvgIpc) is 3.11. The molecule has 1 unspecified atom stereocenters. The van der Waals surface area contributed by atoms with Crippen molar-refractivity contribution in [2.24, 2.45) is 0 Å². The molecule has 3 heterocycles. The van der Waals surface area contributed by atoms with Gasteiger partial charge in [-0.2, -0.15) is 4.98 Å². The molecule has 6 heteroatoms. The van der Waals surface area contributed by atoms with Gasteiger partial charge in [0.05, 0.1) is 17.9 Å². The Hall–Kier alpha value is -1.82. The summed E-state index contributed by atoms with van der Waals surface area (Å²) in [5.41, 5.74) is 1.79. The van der Waals surface area contributed by atoms with Gasteiger partial charge in [0.25, 0.3) is 5.89 Å². The first kappa shape index (κ1) is 12.2. The molecule has 1 aliphatic rings. The van der Waals surface area contributed by atoms with Crippen LogP contribution in [-0.4, -0.2) is 33.3 Å². The summed E-state index contributed by atoms with van der Waals surface area (Å²) in [5, 5.41) is 4.05. The third kappa shape index (κ3) is 2.49. The Morgan fingerprint density at radius 1 is 1.42 bits per heavy atom. The van der Waals surface area contributed by atoms with Gasteiger partial charge in [-0.1, -0.05) is 18.5 Å². The van der Waals surface area contributed by atoms with Crippen molar-refractivity contribution in [1.82, 2.24) is 20.1 Å². The van der Waals surface area contributed by atoms with Gasteiger partial charge in [-0.05, 0) is 12.8 Å². The quantitative estimate of drug-likeness (QED) is 0.836. The van der Waals surface area contributed by atoms with Gasteiger partial charge < -0.3 is 9.26 Å². The van der Waals surface area contributed by atoms with Crippen LogP contribution in [0.2, 0.25) is 0 Å². The normalized spacial score (nSPS) is 18.9. The van der Waals surface area contributed by atoms with Crippen LogP contribution in [0.1, 0.15) is 37.2 Å². The molecule has 2 aromatic heterocycles. The smallest absolute Gasteiger partial charge is 0.261 e. The second kappa shape index (κ2) is 5.44. The Balaban J connectivity index is 1.89. The van der Waals surface area contributed by atoms with Gasteiger partial charge in [-0.3, -0.25) is 0 Å². The highest BCUT2D eigenvalue weighted by Crippen LogP contribution is 2.26. The second-order valence-corrected chi connectivity index (χ2v) is 4.65. The molecule has 3 rings (SSSR count). The molecule has 0 aliphatic carbocycles. The second-order valence-electron chi connectivity index (χ2n) is 4.65. The fourth-order valence-electron chi connectivity index (χ4n) is 2.22. The van der Waals surface area contributed by atoms with Crippen molar-refractivity contribution in [1.29, 1.82) is 0 Å². The molecule has 0 amide bonds. The highest BCUT2D eigenvalue weighted by molar-refractivity contribution is 5.54. The molecule has 1 aliphatic heterocycles. The number of rotatable bonds is 4. The Bertz CT molecular complexity index is 549. The van der Waals surface area contributed by atoms with E-state index in [1.165, 1.54) is 0 Å². The van der Waals surface area contributed by atoms with Crippen molar-refractivity contribution in [3.63, 3.8) is 0 Å². The number of nitrogens with zero attached hydrogens (tertiary/aromatic N) is 4. The van der Waals surface area contributed by atoms with Crippen LogP contribution in [0.25, 0.3) is 11.5 Å². The summed E-state index contributed by atoms with van der Waals surface area (Å²) in [6.07, 6.45) is 6.13. The maximum absolute atomic E-state index is 5.35. The van der Waals surface area contributed by atoms with Crippen LogP contribution in [0.5, 0.6) is 0 Å². The molecule has 1 atom stereocenters. The lowest BCUT2D eigenvalue weighted by atomic mass is 10.1. The van der Waals surface area contributed by atoms with Gasteiger partial charge in [0, 0.05) is 18.7 Å². The molecule has 0 N–H and O–H groups in total. The highest BCUT2D eigenvalue weighted by Gasteiger charge is 2.24. The first-order valence-electron chi connectivity index (χ1n) is 6.59. The predicted molar refractivity (Wildman–Crippen MR) is 67.5 cm³/mol. The predicted octanol–water partition coefficient (Wildman–Crippen LogP) is 1.98. The van der Waals surface area contributed by atoms with E-state index in [1.807, 2.05) is 0 Å². The van der Waals surface area contributed by atoms with E-state index in [9.17, 15) is 0 Å². The summed E-state index contributed by atoms with van der Waals surface area (Å²) in [6.45, 7) is 3.55. The third-order valence-electron chi connectivity index (χ3n) is 3.25. The van der Waals surface area contributed by atoms with Crippen LogP contribution in [0, 0.1) is 0 Å². The number of aryl methyl sites for hydroxylation is 1. The minimum atomic E-state index is 0.247. The monoisotopic (exact) mass is 260 g/mol. The summed E-state index contributed by atoms with van der Waals surface area (Å²) in [7, 11) is 0. The third-order valence-corrected chi connectivity index (χ3v) is 3.25. The van der Waals surface area contributed by atoms with E-state index in [2.05, 4.69) is 27.0 Å². The molecule has 0 spiro atoms. The van der Waals surface area contributed by atoms with Crippen LogP contribution >= 0.6 is 0 Å². The minimum absolute atomic E-state index is 0.247. The van der Waals surface area contributed by atoms with Gasteiger partial charge in [0.2, 0.25) is 0 Å². The lowest BCUT2D eigenvalue weighted by molar-refractivity contribution is 0.192. The molecule has 2 aromatic rings. The van der Waals surface area contributed by atoms with E-state index < -0.39 is 0 Å². The van der Waals surface area contributed by atoms with E-state index >= 15 is 0 Å². The molecule has 6 nitrogen and oxygen atoms in total. The molecule has 100 valence electrons. The Morgan fingerprint density at radius 3 is 3.16 bits per heavy atom. The minimum Gasteiger partial charge on any atom is -0.381 e. The van der Waals surface area contributed by atoms with E-state index in [4.69, 9.17) is 9.26 Å². The average molecular weight is 260 g/mol. The van der Waals surface area contributed by atoms with Crippen molar-refractivity contribution in [3.8, 4) is 11.5 Å². The van der Waals surface area contributed by atoms with Gasteiger partial charge in [0.1, 0.15) is 6.33 Å². The van der Waals surface area contributed by atoms with Crippen LogP contribution in [-0.2, 0) is 11.2 Å². The van der Waals surface area contributed by atoms with Crippen molar-refractivity contribution < 1.29 is 9.26 Å². The fraction of sp³-hybridized carbons (Fsp3) is 0.538. The van der Waals surface area contributed by atoms with Gasteiger partial charge in [-0.15, -0.1) is 0 Å². The molecule has 0 bridgehead atoms. The summed E-state index contributed by atoms with van der Waals surface area (Å²) < 4.78 is 10.7. The number of aromatic nitrogens is 4. The SMILES string of the molecule is CCCc1ncncc1-c1nc(C2CCOC2)no1. The van der Waals surface area contributed by atoms with E-state index in [1.54, 1.807) is 12.5 Å². The standard InChI is InChI=1S/C13H16N4O2/c1-2-3-11-10(6-14-8-15-11)13-16-12(17-19-13)9-4-5-18-7-9/h6,8-9H,2-5,7H2,1H3. The number of ether oxygens (including phenoxy) is 1. The lowest BCUT2D eigenvalue weighted by Crippen LogP contribution is -2.00. The van der Waals surface area contributed by atoms with Crippen molar-refractivity contribution in [3.05, 3.63) is 24.0 Å². The molecule has 0 radical (unpaired) electrons. The maximum atomic E-state index is 5.35. The topological polar surface area (TPSA) is 73.9 Å². The molecular formula is C13H16N4O2. The van der Waals surface area contributed by atoms with Crippen molar-refractivity contribution in [2.75, 3.05) is 13.2 Å². The molecule has 0 saturated carbocycles. The molecule has 1 fully saturated rings. The zero-order valence-electron chi connectivity index (χ0n) is 10.9. The van der Waals surface area contributed by atoms with Crippen molar-refractivity contribution in [2.45, 2.75) is 32.1 Å².